The quantitative estimate of drug-likeness (QED) is 0.607. The highest BCUT2D eigenvalue weighted by Crippen LogP contribution is 2.66. The maximum Gasteiger partial charge on any atom is 0.302 e. The van der Waals surface area contributed by atoms with Gasteiger partial charge in [0.25, 0.3) is 0 Å². The largest absolute Gasteiger partial charge is 0.462 e. The Labute approximate surface area is 181 Å². The number of carbonyl (C=O) groups excluding carboxylic acids is 1. The highest BCUT2D eigenvalue weighted by atomic mass is 16.6. The Balaban J connectivity index is 1.61. The minimum atomic E-state index is -0.360. The van der Waals surface area contributed by atoms with Crippen molar-refractivity contribution in [1.29, 1.82) is 0 Å². The first-order valence-corrected chi connectivity index (χ1v) is 11.4. The van der Waals surface area contributed by atoms with Crippen LogP contribution < -0.4 is 0 Å². The number of rotatable bonds is 5. The number of carbonyl (C=O) groups is 1. The monoisotopic (exact) mass is 412 g/mol. The van der Waals surface area contributed by atoms with Crippen LogP contribution in [0.3, 0.4) is 0 Å². The predicted octanol–water partition coefficient (Wildman–Crippen LogP) is 5.41. The molecule has 1 spiro atoms. The predicted molar refractivity (Wildman–Crippen MR) is 118 cm³/mol. The van der Waals surface area contributed by atoms with E-state index >= 15 is 0 Å². The first kappa shape index (κ1) is 21.6. The van der Waals surface area contributed by atoms with Crippen LogP contribution in [0.1, 0.15) is 65.9 Å². The topological polar surface area (TPSA) is 44.8 Å². The minimum Gasteiger partial charge on any atom is -0.462 e. The number of hydrogen-bond donors (Lipinski definition) is 0. The molecule has 6 atom stereocenters. The van der Waals surface area contributed by atoms with Gasteiger partial charge >= 0.3 is 5.97 Å². The van der Waals surface area contributed by atoms with Gasteiger partial charge < -0.3 is 14.2 Å². The fourth-order valence-corrected chi connectivity index (χ4v) is 6.47. The van der Waals surface area contributed by atoms with Gasteiger partial charge in [-0.1, -0.05) is 56.3 Å². The van der Waals surface area contributed by atoms with Gasteiger partial charge in [-0.3, -0.25) is 4.79 Å². The average Bonchev–Trinajstić information content (AvgIpc) is 2.93. The van der Waals surface area contributed by atoms with E-state index in [0.717, 1.165) is 25.7 Å². The third kappa shape index (κ3) is 3.42. The Hall–Kier alpha value is -1.65. The molecule has 0 unspecified atom stereocenters. The smallest absolute Gasteiger partial charge is 0.302 e. The molecule has 2 bridgehead atoms. The molecule has 0 radical (unpaired) electrons. The number of benzene rings is 1. The van der Waals surface area contributed by atoms with Crippen LogP contribution in [0.4, 0.5) is 0 Å². The number of esters is 1. The van der Waals surface area contributed by atoms with Gasteiger partial charge in [0.05, 0.1) is 29.3 Å². The van der Waals surface area contributed by atoms with Gasteiger partial charge in [0.2, 0.25) is 0 Å². The van der Waals surface area contributed by atoms with Crippen molar-refractivity contribution in [2.75, 3.05) is 6.61 Å². The zero-order valence-corrected chi connectivity index (χ0v) is 19.0. The molecule has 3 aliphatic rings. The summed E-state index contributed by atoms with van der Waals surface area (Å²) in [5.41, 5.74) is 0.305. The number of ether oxygens (including phenoxy) is 3. The molecule has 0 N–H and O–H groups in total. The molecule has 1 heterocycles. The van der Waals surface area contributed by atoms with E-state index in [1.807, 2.05) is 18.2 Å². The van der Waals surface area contributed by atoms with Crippen molar-refractivity contribution < 1.29 is 19.0 Å². The first-order chi connectivity index (χ1) is 14.2. The van der Waals surface area contributed by atoms with Gasteiger partial charge in [0, 0.05) is 6.92 Å². The second kappa shape index (κ2) is 7.80. The van der Waals surface area contributed by atoms with E-state index in [-0.39, 0.29) is 34.8 Å². The van der Waals surface area contributed by atoms with E-state index in [1.165, 1.54) is 12.5 Å². The van der Waals surface area contributed by atoms with Gasteiger partial charge in [-0.2, -0.15) is 0 Å². The van der Waals surface area contributed by atoms with Crippen molar-refractivity contribution in [3.05, 3.63) is 42.0 Å². The van der Waals surface area contributed by atoms with E-state index in [9.17, 15) is 4.79 Å². The van der Waals surface area contributed by atoms with Crippen LogP contribution in [-0.4, -0.2) is 36.0 Å². The normalized spacial score (nSPS) is 39.6. The van der Waals surface area contributed by atoms with Crippen molar-refractivity contribution in [3.63, 3.8) is 0 Å². The van der Waals surface area contributed by atoms with E-state index < -0.39 is 0 Å². The summed E-state index contributed by atoms with van der Waals surface area (Å²) in [5, 5.41) is 0. The average molecular weight is 413 g/mol. The molecule has 1 aromatic carbocycles. The van der Waals surface area contributed by atoms with Gasteiger partial charge in [-0.05, 0) is 56.9 Å². The van der Waals surface area contributed by atoms with E-state index in [2.05, 4.69) is 52.0 Å². The fourth-order valence-electron chi connectivity index (χ4n) is 6.47. The zero-order chi connectivity index (χ0) is 21.6. The van der Waals surface area contributed by atoms with Crippen molar-refractivity contribution in [2.45, 2.75) is 83.7 Å². The van der Waals surface area contributed by atoms with E-state index in [1.54, 1.807) is 0 Å². The molecular formula is C26H36O4. The second-order valence-electron chi connectivity index (χ2n) is 10.2. The standard InChI is InChI=1S/C26H36O4/c1-18-13-14-22(29-19(2)27)25(5)23(16-21-17-26(18,25)30-24(21,3)4)28-15-9-12-20-10-7-6-8-11-20/h6-12,18,21-23H,13-17H2,1-5H3/b12-9+/t18-,21-,22+,23+,25+,26+/m1/s1. The molecule has 1 aliphatic heterocycles. The highest BCUT2D eigenvalue weighted by Gasteiger charge is 2.72. The maximum absolute atomic E-state index is 11.9. The number of hydrogen-bond acceptors (Lipinski definition) is 4. The molecule has 4 rings (SSSR count). The third-order valence-electron chi connectivity index (χ3n) is 8.20. The van der Waals surface area contributed by atoms with Gasteiger partial charge in [0.1, 0.15) is 6.10 Å². The Bertz CT molecular complexity index is 801. The van der Waals surface area contributed by atoms with Crippen LogP contribution in [-0.2, 0) is 19.0 Å². The second-order valence-corrected chi connectivity index (χ2v) is 10.2. The molecule has 2 aliphatic carbocycles. The molecule has 3 fully saturated rings. The molecule has 0 aromatic heterocycles. The summed E-state index contributed by atoms with van der Waals surface area (Å²) < 4.78 is 19.4. The van der Waals surface area contributed by atoms with Crippen LogP contribution in [0.25, 0.3) is 6.08 Å². The lowest BCUT2D eigenvalue weighted by Gasteiger charge is -2.60. The Morgan fingerprint density at radius 1 is 1.17 bits per heavy atom. The van der Waals surface area contributed by atoms with Crippen molar-refractivity contribution in [3.8, 4) is 0 Å². The lowest BCUT2D eigenvalue weighted by molar-refractivity contribution is -0.264. The molecule has 1 saturated heterocycles. The molecule has 4 heteroatoms. The third-order valence-corrected chi connectivity index (χ3v) is 8.20. The van der Waals surface area contributed by atoms with Crippen LogP contribution in [0, 0.1) is 17.3 Å². The van der Waals surface area contributed by atoms with Crippen LogP contribution in [0.5, 0.6) is 0 Å². The van der Waals surface area contributed by atoms with Crippen LogP contribution in [0.15, 0.2) is 36.4 Å². The molecule has 2 saturated carbocycles. The number of fused-ring (bicyclic) bond motifs is 1. The highest BCUT2D eigenvalue weighted by molar-refractivity contribution is 5.66. The molecule has 30 heavy (non-hydrogen) atoms. The Morgan fingerprint density at radius 2 is 1.90 bits per heavy atom. The molecular weight excluding hydrogens is 376 g/mol. The van der Waals surface area contributed by atoms with Gasteiger partial charge in [0.15, 0.2) is 0 Å². The van der Waals surface area contributed by atoms with Crippen LogP contribution >= 0.6 is 0 Å². The summed E-state index contributed by atoms with van der Waals surface area (Å²) in [6, 6.07) is 10.3. The minimum absolute atomic E-state index is 0.00875. The summed E-state index contributed by atoms with van der Waals surface area (Å²) in [4.78, 5) is 11.9. The maximum atomic E-state index is 11.9. The van der Waals surface area contributed by atoms with Gasteiger partial charge in [-0.25, -0.2) is 0 Å². The zero-order valence-electron chi connectivity index (χ0n) is 19.0. The first-order valence-electron chi connectivity index (χ1n) is 11.4. The van der Waals surface area contributed by atoms with Crippen molar-refractivity contribution in [1.82, 2.24) is 0 Å². The van der Waals surface area contributed by atoms with Crippen LogP contribution in [0.2, 0.25) is 0 Å². The fraction of sp³-hybridized carbons (Fsp3) is 0.654. The van der Waals surface area contributed by atoms with Crippen molar-refractivity contribution in [2.24, 2.45) is 17.3 Å². The summed E-state index contributed by atoms with van der Waals surface area (Å²) in [5.74, 6) is 0.644. The molecule has 1 aromatic rings. The van der Waals surface area contributed by atoms with Gasteiger partial charge in [-0.15, -0.1) is 0 Å². The van der Waals surface area contributed by atoms with E-state index in [4.69, 9.17) is 14.2 Å². The summed E-state index contributed by atoms with van der Waals surface area (Å²) in [6.45, 7) is 11.0. The lowest BCUT2D eigenvalue weighted by Crippen LogP contribution is -2.67. The van der Waals surface area contributed by atoms with E-state index in [0.29, 0.717) is 18.4 Å². The Kier molecular flexibility index (Phi) is 5.61. The summed E-state index contributed by atoms with van der Waals surface area (Å²) in [6.07, 6.45) is 7.84. The molecule has 0 amide bonds. The Morgan fingerprint density at radius 3 is 2.60 bits per heavy atom. The summed E-state index contributed by atoms with van der Waals surface area (Å²) >= 11 is 0. The molecule has 4 nitrogen and oxygen atoms in total. The summed E-state index contributed by atoms with van der Waals surface area (Å²) in [7, 11) is 0. The lowest BCUT2D eigenvalue weighted by atomic mass is 9.50. The van der Waals surface area contributed by atoms with Crippen molar-refractivity contribution >= 4 is 12.0 Å². The molecule has 164 valence electrons. The SMILES string of the molecule is CC(=O)O[C@H]1CC[C@@H](C)[C@@]23C[C@@H](C[C@H](OC/C=C/c4ccccc4)[C@]12C)C(C)(C)O3.